The second-order valence-corrected chi connectivity index (χ2v) is 6.94. The predicted molar refractivity (Wildman–Crippen MR) is 108 cm³/mol. The summed E-state index contributed by atoms with van der Waals surface area (Å²) >= 11 is 5.91. The van der Waals surface area contributed by atoms with E-state index in [1.54, 1.807) is 29.2 Å². The number of carbonyl (C=O) groups excluding carboxylic acids is 1. The molecule has 27 heavy (non-hydrogen) atoms. The Hall–Kier alpha value is -2.66. The SMILES string of the molecule is CCCCN(Cc1nc2ccccc2c(=O)[nH]1)C(=O)Cc1ccc(Cl)cc1. The fourth-order valence-corrected chi connectivity index (χ4v) is 3.05. The number of rotatable bonds is 7. The lowest BCUT2D eigenvalue weighted by Gasteiger charge is -2.22. The van der Waals surface area contributed by atoms with Crippen LogP contribution in [0, 0.1) is 0 Å². The molecule has 3 aromatic rings. The van der Waals surface area contributed by atoms with Crippen LogP contribution in [0.15, 0.2) is 53.3 Å². The van der Waals surface area contributed by atoms with Gasteiger partial charge in [0, 0.05) is 11.6 Å². The fourth-order valence-electron chi connectivity index (χ4n) is 2.92. The number of fused-ring (bicyclic) bond motifs is 1. The Morgan fingerprint density at radius 3 is 2.63 bits per heavy atom. The summed E-state index contributed by atoms with van der Waals surface area (Å²) in [6.45, 7) is 2.99. The van der Waals surface area contributed by atoms with E-state index in [0.29, 0.717) is 34.7 Å². The Kier molecular flexibility index (Phi) is 6.24. The number of aromatic amines is 1. The molecule has 3 rings (SSSR count). The molecule has 140 valence electrons. The Bertz CT molecular complexity index is 983. The molecule has 1 N–H and O–H groups in total. The highest BCUT2D eigenvalue weighted by molar-refractivity contribution is 6.30. The van der Waals surface area contributed by atoms with Gasteiger partial charge in [-0.3, -0.25) is 9.59 Å². The van der Waals surface area contributed by atoms with Gasteiger partial charge in [-0.05, 0) is 36.2 Å². The van der Waals surface area contributed by atoms with Crippen LogP contribution in [-0.4, -0.2) is 27.3 Å². The van der Waals surface area contributed by atoms with E-state index in [1.165, 1.54) is 0 Å². The van der Waals surface area contributed by atoms with Crippen LogP contribution in [-0.2, 0) is 17.8 Å². The van der Waals surface area contributed by atoms with Crippen LogP contribution in [0.25, 0.3) is 10.9 Å². The number of amides is 1. The third-order valence-corrected chi connectivity index (χ3v) is 4.66. The summed E-state index contributed by atoms with van der Waals surface area (Å²) in [5.41, 5.74) is 1.36. The molecule has 6 heteroatoms. The number of nitrogens with one attached hydrogen (secondary N) is 1. The number of H-pyrrole nitrogens is 1. The minimum Gasteiger partial charge on any atom is -0.335 e. The molecule has 0 aliphatic heterocycles. The third kappa shape index (κ3) is 4.95. The molecule has 0 atom stereocenters. The lowest BCUT2D eigenvalue weighted by Crippen LogP contribution is -2.34. The van der Waals surface area contributed by atoms with Crippen molar-refractivity contribution in [2.45, 2.75) is 32.7 Å². The highest BCUT2D eigenvalue weighted by Gasteiger charge is 2.16. The molecule has 1 amide bonds. The number of benzene rings is 2. The molecular weight excluding hydrogens is 362 g/mol. The fraction of sp³-hybridized carbons (Fsp3) is 0.286. The van der Waals surface area contributed by atoms with E-state index in [0.717, 1.165) is 18.4 Å². The molecule has 1 heterocycles. The summed E-state index contributed by atoms with van der Waals surface area (Å²) in [4.78, 5) is 34.2. The topological polar surface area (TPSA) is 66.1 Å². The van der Waals surface area contributed by atoms with Crippen molar-refractivity contribution in [2.75, 3.05) is 6.54 Å². The van der Waals surface area contributed by atoms with Crippen molar-refractivity contribution in [1.29, 1.82) is 0 Å². The second-order valence-electron chi connectivity index (χ2n) is 6.50. The van der Waals surface area contributed by atoms with Gasteiger partial charge in [-0.1, -0.05) is 49.2 Å². The number of para-hydroxylation sites is 1. The summed E-state index contributed by atoms with van der Waals surface area (Å²) in [6.07, 6.45) is 2.16. The van der Waals surface area contributed by atoms with Crippen LogP contribution in [0.2, 0.25) is 5.02 Å². The largest absolute Gasteiger partial charge is 0.335 e. The maximum Gasteiger partial charge on any atom is 0.258 e. The van der Waals surface area contributed by atoms with E-state index in [9.17, 15) is 9.59 Å². The predicted octanol–water partition coefficient (Wildman–Crippen LogP) is 3.95. The highest BCUT2D eigenvalue weighted by atomic mass is 35.5. The molecule has 0 spiro atoms. The van der Waals surface area contributed by atoms with Crippen molar-refractivity contribution >= 4 is 28.4 Å². The van der Waals surface area contributed by atoms with Crippen molar-refractivity contribution in [3.8, 4) is 0 Å². The van der Waals surface area contributed by atoms with Crippen LogP contribution < -0.4 is 5.56 Å². The van der Waals surface area contributed by atoms with Gasteiger partial charge in [-0.25, -0.2) is 4.98 Å². The Morgan fingerprint density at radius 1 is 1.15 bits per heavy atom. The van der Waals surface area contributed by atoms with E-state index in [-0.39, 0.29) is 18.0 Å². The standard InChI is InChI=1S/C21H22ClN3O2/c1-2-3-12-25(20(26)13-15-8-10-16(22)11-9-15)14-19-23-18-7-5-4-6-17(18)21(27)24-19/h4-11H,2-3,12-14H2,1H3,(H,23,24,27). The minimum atomic E-state index is -0.184. The third-order valence-electron chi connectivity index (χ3n) is 4.41. The average Bonchev–Trinajstić information content (AvgIpc) is 2.67. The highest BCUT2D eigenvalue weighted by Crippen LogP contribution is 2.13. The van der Waals surface area contributed by atoms with E-state index >= 15 is 0 Å². The number of hydrogen-bond acceptors (Lipinski definition) is 3. The molecule has 0 radical (unpaired) electrons. The zero-order valence-electron chi connectivity index (χ0n) is 15.2. The zero-order chi connectivity index (χ0) is 19.2. The van der Waals surface area contributed by atoms with Gasteiger partial charge in [0.1, 0.15) is 5.82 Å². The number of unbranched alkanes of at least 4 members (excludes halogenated alkanes) is 1. The summed E-state index contributed by atoms with van der Waals surface area (Å²) < 4.78 is 0. The van der Waals surface area contributed by atoms with Crippen molar-refractivity contribution in [2.24, 2.45) is 0 Å². The maximum atomic E-state index is 12.8. The summed E-state index contributed by atoms with van der Waals surface area (Å²) in [5, 5.41) is 1.20. The van der Waals surface area contributed by atoms with E-state index < -0.39 is 0 Å². The summed E-state index contributed by atoms with van der Waals surface area (Å²) in [7, 11) is 0. The van der Waals surface area contributed by atoms with Crippen LogP contribution in [0.5, 0.6) is 0 Å². The van der Waals surface area contributed by atoms with Gasteiger partial charge in [0.15, 0.2) is 0 Å². The molecule has 0 saturated carbocycles. The molecule has 0 unspecified atom stereocenters. The van der Waals surface area contributed by atoms with Crippen LogP contribution in [0.4, 0.5) is 0 Å². The Balaban J connectivity index is 1.81. The van der Waals surface area contributed by atoms with E-state index in [1.807, 2.05) is 24.3 Å². The zero-order valence-corrected chi connectivity index (χ0v) is 16.0. The van der Waals surface area contributed by atoms with Gasteiger partial charge in [-0.2, -0.15) is 0 Å². The molecule has 0 fully saturated rings. The molecule has 0 saturated heterocycles. The van der Waals surface area contributed by atoms with Gasteiger partial charge in [0.2, 0.25) is 5.91 Å². The average molecular weight is 384 g/mol. The molecule has 2 aromatic carbocycles. The summed E-state index contributed by atoms with van der Waals surface area (Å²) in [6, 6.07) is 14.5. The lowest BCUT2D eigenvalue weighted by molar-refractivity contribution is -0.131. The first-order chi connectivity index (χ1) is 13.1. The second kappa shape index (κ2) is 8.82. The molecule has 1 aromatic heterocycles. The normalized spacial score (nSPS) is 10.9. The van der Waals surface area contributed by atoms with Gasteiger partial charge in [0.25, 0.3) is 5.56 Å². The van der Waals surface area contributed by atoms with Crippen molar-refractivity contribution in [1.82, 2.24) is 14.9 Å². The van der Waals surface area contributed by atoms with Crippen molar-refractivity contribution in [3.63, 3.8) is 0 Å². The first kappa shape index (κ1) is 19.1. The number of aromatic nitrogens is 2. The first-order valence-electron chi connectivity index (χ1n) is 9.07. The Labute approximate surface area is 163 Å². The van der Waals surface area contributed by atoms with Crippen LogP contribution >= 0.6 is 11.6 Å². The first-order valence-corrected chi connectivity index (χ1v) is 9.44. The Morgan fingerprint density at radius 2 is 1.89 bits per heavy atom. The van der Waals surface area contributed by atoms with Gasteiger partial charge in [0.05, 0.1) is 23.9 Å². The minimum absolute atomic E-state index is 0.00146. The molecule has 0 bridgehead atoms. The van der Waals surface area contributed by atoms with E-state index in [4.69, 9.17) is 11.6 Å². The van der Waals surface area contributed by atoms with Crippen molar-refractivity contribution < 1.29 is 4.79 Å². The van der Waals surface area contributed by atoms with E-state index in [2.05, 4.69) is 16.9 Å². The number of hydrogen-bond donors (Lipinski definition) is 1. The van der Waals surface area contributed by atoms with Crippen LogP contribution in [0.3, 0.4) is 0 Å². The quantitative estimate of drug-likeness (QED) is 0.671. The van der Waals surface area contributed by atoms with Gasteiger partial charge >= 0.3 is 0 Å². The van der Waals surface area contributed by atoms with Crippen molar-refractivity contribution in [3.05, 3.63) is 75.3 Å². The summed E-state index contributed by atoms with van der Waals surface area (Å²) in [5.74, 6) is 0.501. The number of nitrogens with zero attached hydrogens (tertiary/aromatic N) is 2. The monoisotopic (exact) mass is 383 g/mol. The maximum absolute atomic E-state index is 12.8. The number of halogens is 1. The smallest absolute Gasteiger partial charge is 0.258 e. The lowest BCUT2D eigenvalue weighted by atomic mass is 10.1. The van der Waals surface area contributed by atoms with Gasteiger partial charge in [-0.15, -0.1) is 0 Å². The molecule has 5 nitrogen and oxygen atoms in total. The molecule has 0 aliphatic rings. The molecule has 0 aliphatic carbocycles. The number of carbonyl (C=O) groups is 1. The van der Waals surface area contributed by atoms with Gasteiger partial charge < -0.3 is 9.88 Å². The molecular formula is C21H22ClN3O2. The van der Waals surface area contributed by atoms with Crippen LogP contribution in [0.1, 0.15) is 31.2 Å².